The number of nitrogens with one attached hydrogen (secondary N) is 2. The summed E-state index contributed by atoms with van der Waals surface area (Å²) in [4.78, 5) is 25.8. The maximum Gasteiger partial charge on any atom is 0.239 e. The summed E-state index contributed by atoms with van der Waals surface area (Å²) in [6.45, 7) is 6.48. The van der Waals surface area contributed by atoms with Crippen LogP contribution in [0.4, 0.5) is 0 Å². The van der Waals surface area contributed by atoms with Gasteiger partial charge in [0.25, 0.3) is 0 Å². The Balaban J connectivity index is 2.27. The van der Waals surface area contributed by atoms with Crippen molar-refractivity contribution in [1.82, 2.24) is 15.5 Å². The molecule has 1 heterocycles. The average molecular weight is 285 g/mol. The van der Waals surface area contributed by atoms with Crippen LogP contribution in [0.25, 0.3) is 0 Å². The summed E-state index contributed by atoms with van der Waals surface area (Å²) in [5.74, 6) is 0.00343. The van der Waals surface area contributed by atoms with Gasteiger partial charge in [-0.05, 0) is 33.1 Å². The van der Waals surface area contributed by atoms with Gasteiger partial charge in [0.1, 0.15) is 0 Å². The minimum absolute atomic E-state index is 0.0813. The van der Waals surface area contributed by atoms with Gasteiger partial charge in [-0.2, -0.15) is 0 Å². The first-order chi connectivity index (χ1) is 9.56. The Morgan fingerprint density at radius 2 is 1.85 bits per heavy atom. The van der Waals surface area contributed by atoms with Crippen LogP contribution in [-0.4, -0.2) is 62.1 Å². The molecule has 20 heavy (non-hydrogen) atoms. The maximum absolute atomic E-state index is 12.1. The molecule has 6 nitrogen and oxygen atoms in total. The second-order valence-corrected chi connectivity index (χ2v) is 5.28. The summed E-state index contributed by atoms with van der Waals surface area (Å²) >= 11 is 0. The number of amides is 2. The molecule has 2 unspecified atom stereocenters. The lowest BCUT2D eigenvalue weighted by atomic mass is 10.2. The molecule has 2 atom stereocenters. The van der Waals surface area contributed by atoms with E-state index in [1.807, 2.05) is 11.8 Å². The van der Waals surface area contributed by atoms with E-state index in [0.29, 0.717) is 13.2 Å². The van der Waals surface area contributed by atoms with E-state index in [9.17, 15) is 9.59 Å². The van der Waals surface area contributed by atoms with Gasteiger partial charge < -0.3 is 15.0 Å². The summed E-state index contributed by atoms with van der Waals surface area (Å²) in [5.41, 5.74) is 0. The van der Waals surface area contributed by atoms with Gasteiger partial charge in [-0.25, -0.2) is 0 Å². The topological polar surface area (TPSA) is 70.7 Å². The van der Waals surface area contributed by atoms with Crippen molar-refractivity contribution in [3.8, 4) is 0 Å². The molecule has 0 aromatic rings. The molecule has 1 aliphatic rings. The molecule has 1 fully saturated rings. The quantitative estimate of drug-likeness (QED) is 0.622. The maximum atomic E-state index is 12.1. The molecule has 0 bridgehead atoms. The minimum atomic E-state index is -0.376. The second-order valence-electron chi connectivity index (χ2n) is 5.28. The van der Waals surface area contributed by atoms with E-state index in [1.165, 1.54) is 0 Å². The highest BCUT2D eigenvalue weighted by Crippen LogP contribution is 2.09. The van der Waals surface area contributed by atoms with E-state index in [0.717, 1.165) is 32.4 Å². The molecular formula is C14H27N3O3. The van der Waals surface area contributed by atoms with Crippen molar-refractivity contribution >= 4 is 11.8 Å². The number of carbonyl (C=O) groups is 2. The third-order valence-electron chi connectivity index (χ3n) is 3.51. The van der Waals surface area contributed by atoms with Gasteiger partial charge in [0.05, 0.1) is 12.1 Å². The minimum Gasteiger partial charge on any atom is -0.385 e. The van der Waals surface area contributed by atoms with Crippen molar-refractivity contribution in [2.24, 2.45) is 0 Å². The zero-order valence-corrected chi connectivity index (χ0v) is 12.8. The van der Waals surface area contributed by atoms with Crippen LogP contribution in [0.5, 0.6) is 0 Å². The van der Waals surface area contributed by atoms with Gasteiger partial charge in [0, 0.05) is 33.4 Å². The number of carbonyl (C=O) groups excluding carboxylic acids is 2. The Morgan fingerprint density at radius 1 is 1.20 bits per heavy atom. The fraction of sp³-hybridized carbons (Fsp3) is 0.857. The van der Waals surface area contributed by atoms with Crippen molar-refractivity contribution in [3.05, 3.63) is 0 Å². The first kappa shape index (κ1) is 16.9. The van der Waals surface area contributed by atoms with Crippen LogP contribution in [0, 0.1) is 0 Å². The second kappa shape index (κ2) is 8.92. The molecule has 0 saturated carbocycles. The van der Waals surface area contributed by atoms with Gasteiger partial charge in [-0.3, -0.25) is 14.9 Å². The lowest BCUT2D eigenvalue weighted by Gasteiger charge is -2.23. The number of methoxy groups -OCH3 is 1. The number of rotatable bonds is 8. The highest BCUT2D eigenvalue weighted by atomic mass is 16.5. The van der Waals surface area contributed by atoms with Crippen LogP contribution in [0.2, 0.25) is 0 Å². The predicted molar refractivity (Wildman–Crippen MR) is 77.4 cm³/mol. The van der Waals surface area contributed by atoms with E-state index in [-0.39, 0.29) is 23.9 Å². The lowest BCUT2D eigenvalue weighted by Crippen LogP contribution is -2.51. The first-order valence-corrected chi connectivity index (χ1v) is 7.37. The van der Waals surface area contributed by atoms with Crippen molar-refractivity contribution in [3.63, 3.8) is 0 Å². The van der Waals surface area contributed by atoms with Crippen molar-refractivity contribution in [2.45, 2.75) is 45.2 Å². The van der Waals surface area contributed by atoms with Crippen LogP contribution >= 0.6 is 0 Å². The largest absolute Gasteiger partial charge is 0.385 e. The summed E-state index contributed by atoms with van der Waals surface area (Å²) < 4.78 is 4.92. The predicted octanol–water partition coefficient (Wildman–Crippen LogP) is 0.128. The smallest absolute Gasteiger partial charge is 0.239 e. The van der Waals surface area contributed by atoms with Gasteiger partial charge in [-0.1, -0.05) is 0 Å². The van der Waals surface area contributed by atoms with Crippen LogP contribution in [0.15, 0.2) is 0 Å². The molecule has 0 radical (unpaired) electrons. The third kappa shape index (κ3) is 5.46. The Labute approximate surface area is 121 Å². The zero-order valence-electron chi connectivity index (χ0n) is 12.8. The molecule has 0 aromatic carbocycles. The van der Waals surface area contributed by atoms with Crippen molar-refractivity contribution in [1.29, 1.82) is 0 Å². The summed E-state index contributed by atoms with van der Waals surface area (Å²) in [6.07, 6.45) is 2.94. The number of ether oxygens (including phenoxy) is 1. The molecule has 2 amide bonds. The Hall–Kier alpha value is -1.14. The number of likely N-dealkylation sites (tertiary alicyclic amines) is 1. The molecular weight excluding hydrogens is 258 g/mol. The van der Waals surface area contributed by atoms with E-state index >= 15 is 0 Å². The molecule has 1 saturated heterocycles. The normalized spacial score (nSPS) is 17.9. The van der Waals surface area contributed by atoms with E-state index in [4.69, 9.17) is 4.74 Å². The molecule has 0 aromatic heterocycles. The van der Waals surface area contributed by atoms with Gasteiger partial charge in [0.15, 0.2) is 0 Å². The van der Waals surface area contributed by atoms with Gasteiger partial charge in [-0.15, -0.1) is 0 Å². The SMILES string of the molecule is COCCCNC(=O)C(C)NC(C)C(=O)N1CCCC1. The van der Waals surface area contributed by atoms with Gasteiger partial charge >= 0.3 is 0 Å². The van der Waals surface area contributed by atoms with Crippen LogP contribution in [0.1, 0.15) is 33.1 Å². The first-order valence-electron chi connectivity index (χ1n) is 7.37. The highest BCUT2D eigenvalue weighted by Gasteiger charge is 2.25. The fourth-order valence-electron chi connectivity index (χ4n) is 2.31. The average Bonchev–Trinajstić information content (AvgIpc) is 2.96. The van der Waals surface area contributed by atoms with E-state index in [1.54, 1.807) is 14.0 Å². The zero-order chi connectivity index (χ0) is 15.0. The number of hydrogen-bond donors (Lipinski definition) is 2. The molecule has 2 N–H and O–H groups in total. The lowest BCUT2D eigenvalue weighted by molar-refractivity contribution is -0.132. The van der Waals surface area contributed by atoms with Crippen molar-refractivity contribution in [2.75, 3.05) is 33.4 Å². The van der Waals surface area contributed by atoms with Gasteiger partial charge in [0.2, 0.25) is 11.8 Å². The van der Waals surface area contributed by atoms with Crippen LogP contribution in [-0.2, 0) is 14.3 Å². The Bertz CT molecular complexity index is 317. The fourth-order valence-corrected chi connectivity index (χ4v) is 2.31. The van der Waals surface area contributed by atoms with Crippen LogP contribution < -0.4 is 10.6 Å². The Kier molecular flexibility index (Phi) is 7.54. The molecule has 0 aliphatic carbocycles. The number of hydrogen-bond acceptors (Lipinski definition) is 4. The third-order valence-corrected chi connectivity index (χ3v) is 3.51. The molecule has 116 valence electrons. The molecule has 1 aliphatic heterocycles. The summed E-state index contributed by atoms with van der Waals surface area (Å²) in [7, 11) is 1.64. The summed E-state index contributed by atoms with van der Waals surface area (Å²) in [6, 6.07) is -0.702. The molecule has 0 spiro atoms. The van der Waals surface area contributed by atoms with E-state index < -0.39 is 0 Å². The number of nitrogens with zero attached hydrogens (tertiary/aromatic N) is 1. The highest BCUT2D eigenvalue weighted by molar-refractivity contribution is 5.85. The standard InChI is InChI=1S/C14H27N3O3/c1-11(13(18)15-7-6-10-20-3)16-12(2)14(19)17-8-4-5-9-17/h11-12,16H,4-10H2,1-3H3,(H,15,18). The summed E-state index contributed by atoms with van der Waals surface area (Å²) in [5, 5.41) is 5.89. The monoisotopic (exact) mass is 285 g/mol. The Morgan fingerprint density at radius 3 is 2.45 bits per heavy atom. The molecule has 6 heteroatoms. The molecule has 1 rings (SSSR count). The van der Waals surface area contributed by atoms with Crippen molar-refractivity contribution < 1.29 is 14.3 Å². The van der Waals surface area contributed by atoms with Crippen LogP contribution in [0.3, 0.4) is 0 Å². The van der Waals surface area contributed by atoms with E-state index in [2.05, 4.69) is 10.6 Å².